The molecule has 8 nitrogen and oxygen atoms in total. The number of nitrogens with zero attached hydrogens (tertiary/aromatic N) is 2. The first kappa shape index (κ1) is 19.8. The Bertz CT molecular complexity index is 1130. The van der Waals surface area contributed by atoms with Crippen LogP contribution in [-0.4, -0.2) is 39.7 Å². The molecule has 2 N–H and O–H groups in total. The molecule has 0 saturated carbocycles. The minimum absolute atomic E-state index is 0.0106. The third-order valence-corrected chi connectivity index (χ3v) is 4.75. The fourth-order valence-electron chi connectivity index (χ4n) is 2.48. The van der Waals surface area contributed by atoms with Gasteiger partial charge in [0.1, 0.15) is 0 Å². The molecule has 0 spiro atoms. The van der Waals surface area contributed by atoms with E-state index >= 15 is 0 Å². The van der Waals surface area contributed by atoms with E-state index in [2.05, 4.69) is 20.3 Å². The van der Waals surface area contributed by atoms with Crippen LogP contribution in [0.4, 0.5) is 5.69 Å². The van der Waals surface area contributed by atoms with Gasteiger partial charge in [0.2, 0.25) is 5.91 Å². The van der Waals surface area contributed by atoms with Crippen molar-refractivity contribution < 1.29 is 14.3 Å². The van der Waals surface area contributed by atoms with Gasteiger partial charge in [-0.25, -0.2) is 14.8 Å². The summed E-state index contributed by atoms with van der Waals surface area (Å²) in [7, 11) is 1.23. The number of hydrogen-bond acceptors (Lipinski definition) is 7. The second kappa shape index (κ2) is 8.41. The number of benzene rings is 1. The fourth-order valence-corrected chi connectivity index (χ4v) is 3.33. The predicted molar refractivity (Wildman–Crippen MR) is 107 cm³/mol. The van der Waals surface area contributed by atoms with Crippen LogP contribution in [0.3, 0.4) is 0 Å². The molecule has 0 atom stereocenters. The van der Waals surface area contributed by atoms with Crippen molar-refractivity contribution in [1.82, 2.24) is 15.0 Å². The summed E-state index contributed by atoms with van der Waals surface area (Å²) in [6, 6.07) is 8.23. The number of aromatic nitrogens is 3. The number of carbonyl (C=O) groups excluding carboxylic acids is 2. The van der Waals surface area contributed by atoms with Crippen LogP contribution in [0.1, 0.15) is 16.1 Å². The summed E-state index contributed by atoms with van der Waals surface area (Å²) < 4.78 is 4.71. The first-order chi connectivity index (χ1) is 13.4. The van der Waals surface area contributed by atoms with Gasteiger partial charge in [-0.15, -0.1) is 0 Å². The molecule has 0 saturated heterocycles. The Kier molecular flexibility index (Phi) is 5.96. The highest BCUT2D eigenvalue weighted by atomic mass is 35.5. The number of ether oxygens (including phenoxy) is 1. The molecule has 0 aliphatic heterocycles. The Labute approximate surface area is 168 Å². The zero-order valence-corrected chi connectivity index (χ0v) is 16.5. The summed E-state index contributed by atoms with van der Waals surface area (Å²) in [4.78, 5) is 47.5. The minimum atomic E-state index is -0.649. The zero-order chi connectivity index (χ0) is 20.3. The van der Waals surface area contributed by atoms with E-state index in [1.165, 1.54) is 13.2 Å². The topological polar surface area (TPSA) is 114 Å². The van der Waals surface area contributed by atoms with Gasteiger partial charge in [0.15, 0.2) is 10.8 Å². The number of halogens is 1. The number of esters is 1. The van der Waals surface area contributed by atoms with Crippen molar-refractivity contribution in [3.8, 4) is 0 Å². The molecule has 2 aromatic heterocycles. The van der Waals surface area contributed by atoms with E-state index < -0.39 is 11.5 Å². The van der Waals surface area contributed by atoms with Crippen LogP contribution in [0, 0.1) is 6.92 Å². The van der Waals surface area contributed by atoms with E-state index in [9.17, 15) is 14.4 Å². The molecular formula is C18H15ClN4O4S. The lowest BCUT2D eigenvalue weighted by molar-refractivity contribution is -0.113. The lowest BCUT2D eigenvalue weighted by Gasteiger charge is -2.07. The van der Waals surface area contributed by atoms with Crippen molar-refractivity contribution in [3.63, 3.8) is 0 Å². The lowest BCUT2D eigenvalue weighted by atomic mass is 10.1. The van der Waals surface area contributed by atoms with Crippen LogP contribution in [-0.2, 0) is 9.53 Å². The van der Waals surface area contributed by atoms with E-state index in [0.29, 0.717) is 16.4 Å². The summed E-state index contributed by atoms with van der Waals surface area (Å²) >= 11 is 6.93. The summed E-state index contributed by atoms with van der Waals surface area (Å²) in [5, 5.41) is 3.47. The van der Waals surface area contributed by atoms with Crippen LogP contribution < -0.4 is 10.9 Å². The van der Waals surface area contributed by atoms with Crippen molar-refractivity contribution in [2.45, 2.75) is 12.1 Å². The molecule has 1 aromatic carbocycles. The van der Waals surface area contributed by atoms with Crippen molar-refractivity contribution in [2.75, 3.05) is 18.2 Å². The molecule has 1 amide bonds. The van der Waals surface area contributed by atoms with Gasteiger partial charge < -0.3 is 15.0 Å². The molecular weight excluding hydrogens is 404 g/mol. The highest BCUT2D eigenvalue weighted by Gasteiger charge is 2.18. The van der Waals surface area contributed by atoms with Crippen LogP contribution >= 0.6 is 23.4 Å². The third-order valence-electron chi connectivity index (χ3n) is 3.64. The Hall–Kier alpha value is -2.91. The lowest BCUT2D eigenvalue weighted by Crippen LogP contribution is -2.17. The number of anilines is 1. The SMILES string of the molecule is COC(=O)c1cc(C)nc2nc(SCC(=O)Nc3cccc(Cl)c3)[nH]c(=O)c12. The summed E-state index contributed by atoms with van der Waals surface area (Å²) in [5.41, 5.74) is 0.755. The van der Waals surface area contributed by atoms with Gasteiger partial charge in [-0.05, 0) is 31.2 Å². The highest BCUT2D eigenvalue weighted by Crippen LogP contribution is 2.19. The molecule has 0 aliphatic rings. The van der Waals surface area contributed by atoms with Crippen molar-refractivity contribution in [2.24, 2.45) is 0 Å². The Balaban J connectivity index is 1.81. The smallest absolute Gasteiger partial charge is 0.338 e. The number of amides is 1. The number of aromatic amines is 1. The van der Waals surface area contributed by atoms with Gasteiger partial charge in [-0.1, -0.05) is 29.4 Å². The van der Waals surface area contributed by atoms with Gasteiger partial charge in [0.05, 0.1) is 23.8 Å². The number of hydrogen-bond donors (Lipinski definition) is 2. The van der Waals surface area contributed by atoms with Gasteiger partial charge in [-0.2, -0.15) is 0 Å². The molecule has 0 unspecified atom stereocenters. The van der Waals surface area contributed by atoms with Gasteiger partial charge in [0, 0.05) is 16.4 Å². The number of nitrogens with one attached hydrogen (secondary N) is 2. The second-order valence-electron chi connectivity index (χ2n) is 5.72. The molecule has 0 fully saturated rings. The molecule has 2 heterocycles. The molecule has 144 valence electrons. The zero-order valence-electron chi connectivity index (χ0n) is 14.9. The Morgan fingerprint density at radius 2 is 2.07 bits per heavy atom. The number of carbonyl (C=O) groups is 2. The molecule has 28 heavy (non-hydrogen) atoms. The molecule has 0 bridgehead atoms. The van der Waals surface area contributed by atoms with Crippen LogP contribution in [0.15, 0.2) is 40.3 Å². The first-order valence-electron chi connectivity index (χ1n) is 8.05. The number of methoxy groups -OCH3 is 1. The average Bonchev–Trinajstić information content (AvgIpc) is 2.64. The number of fused-ring (bicyclic) bond motifs is 1. The maximum absolute atomic E-state index is 12.5. The van der Waals surface area contributed by atoms with Crippen LogP contribution in [0.5, 0.6) is 0 Å². The summed E-state index contributed by atoms with van der Waals surface area (Å²) in [5.74, 6) is -0.928. The number of thioether (sulfide) groups is 1. The van der Waals surface area contributed by atoms with Crippen LogP contribution in [0.2, 0.25) is 5.02 Å². The number of rotatable bonds is 5. The molecule has 3 rings (SSSR count). The number of aryl methyl sites for hydroxylation is 1. The predicted octanol–water partition coefficient (Wildman–Crippen LogP) is 2.80. The van der Waals surface area contributed by atoms with E-state index in [-0.39, 0.29) is 33.4 Å². The van der Waals surface area contributed by atoms with E-state index in [4.69, 9.17) is 16.3 Å². The fraction of sp³-hybridized carbons (Fsp3) is 0.167. The third kappa shape index (κ3) is 4.49. The van der Waals surface area contributed by atoms with Crippen molar-refractivity contribution >= 4 is 52.0 Å². The van der Waals surface area contributed by atoms with Gasteiger partial charge in [0.25, 0.3) is 5.56 Å². The van der Waals surface area contributed by atoms with E-state index in [1.54, 1.807) is 31.2 Å². The first-order valence-corrected chi connectivity index (χ1v) is 9.42. The molecule has 3 aromatic rings. The second-order valence-corrected chi connectivity index (χ2v) is 7.12. The average molecular weight is 419 g/mol. The van der Waals surface area contributed by atoms with Crippen molar-refractivity contribution in [1.29, 1.82) is 0 Å². The van der Waals surface area contributed by atoms with Crippen LogP contribution in [0.25, 0.3) is 11.0 Å². The van der Waals surface area contributed by atoms with E-state index in [0.717, 1.165) is 11.8 Å². The quantitative estimate of drug-likeness (QED) is 0.372. The Morgan fingerprint density at radius 3 is 2.79 bits per heavy atom. The monoisotopic (exact) mass is 418 g/mol. The Morgan fingerprint density at radius 1 is 1.29 bits per heavy atom. The molecule has 10 heteroatoms. The van der Waals surface area contributed by atoms with E-state index in [1.807, 2.05) is 0 Å². The summed E-state index contributed by atoms with van der Waals surface area (Å²) in [6.07, 6.45) is 0. The molecule has 0 aliphatic carbocycles. The normalized spacial score (nSPS) is 10.7. The highest BCUT2D eigenvalue weighted by molar-refractivity contribution is 7.99. The maximum Gasteiger partial charge on any atom is 0.338 e. The minimum Gasteiger partial charge on any atom is -0.465 e. The maximum atomic E-state index is 12.5. The number of pyridine rings is 1. The molecule has 0 radical (unpaired) electrons. The largest absolute Gasteiger partial charge is 0.465 e. The van der Waals surface area contributed by atoms with Gasteiger partial charge in [-0.3, -0.25) is 9.59 Å². The van der Waals surface area contributed by atoms with Gasteiger partial charge >= 0.3 is 5.97 Å². The standard InChI is InChI=1S/C18H15ClN4O4S/c1-9-6-12(17(26)27-2)14-15(20-9)22-18(23-16(14)25)28-8-13(24)21-11-5-3-4-10(19)7-11/h3-7H,8H2,1-2H3,(H,21,24)(H,20,22,23,25). The number of H-pyrrole nitrogens is 1. The summed E-state index contributed by atoms with van der Waals surface area (Å²) in [6.45, 7) is 1.68. The van der Waals surface area contributed by atoms with Crippen molar-refractivity contribution in [3.05, 3.63) is 57.0 Å².